The number of amides is 1. The van der Waals surface area contributed by atoms with Crippen molar-refractivity contribution in [1.82, 2.24) is 5.32 Å². The standard InChI is InChI=1S/C17H26N2O2/c1-17(2,3)15-13(7-5-9-21-15)11-19-16(20)12-6-4-8-14(18)10-12/h4,6,8,10,13,15H,5,7,9,11,18H2,1-3H3,(H,19,20). The highest BCUT2D eigenvalue weighted by Crippen LogP contribution is 2.33. The lowest BCUT2D eigenvalue weighted by Gasteiger charge is -2.40. The fourth-order valence-electron chi connectivity index (χ4n) is 3.02. The van der Waals surface area contributed by atoms with Gasteiger partial charge in [-0.25, -0.2) is 0 Å². The minimum Gasteiger partial charge on any atom is -0.399 e. The third kappa shape index (κ3) is 4.21. The van der Waals surface area contributed by atoms with Gasteiger partial charge in [0.25, 0.3) is 5.91 Å². The SMILES string of the molecule is CC(C)(C)C1OCCCC1CNC(=O)c1cccc(N)c1. The van der Waals surface area contributed by atoms with E-state index in [1.165, 1.54) is 0 Å². The van der Waals surface area contributed by atoms with E-state index in [4.69, 9.17) is 10.5 Å². The number of rotatable bonds is 3. The van der Waals surface area contributed by atoms with Gasteiger partial charge in [0.15, 0.2) is 0 Å². The first-order valence-corrected chi connectivity index (χ1v) is 7.63. The van der Waals surface area contributed by atoms with E-state index < -0.39 is 0 Å². The molecule has 0 aromatic heterocycles. The molecule has 1 amide bonds. The maximum atomic E-state index is 12.2. The van der Waals surface area contributed by atoms with Crippen LogP contribution in [-0.2, 0) is 4.74 Å². The fraction of sp³-hybridized carbons (Fsp3) is 0.588. The molecule has 1 saturated heterocycles. The van der Waals surface area contributed by atoms with Crippen LogP contribution < -0.4 is 11.1 Å². The number of nitrogen functional groups attached to an aromatic ring is 1. The molecule has 2 unspecified atom stereocenters. The van der Waals surface area contributed by atoms with Gasteiger partial charge < -0.3 is 15.8 Å². The van der Waals surface area contributed by atoms with Crippen molar-refractivity contribution in [3.8, 4) is 0 Å². The van der Waals surface area contributed by atoms with Crippen LogP contribution >= 0.6 is 0 Å². The molecule has 116 valence electrons. The van der Waals surface area contributed by atoms with E-state index >= 15 is 0 Å². The molecule has 2 rings (SSSR count). The Morgan fingerprint density at radius 2 is 2.19 bits per heavy atom. The Hall–Kier alpha value is -1.55. The summed E-state index contributed by atoms with van der Waals surface area (Å²) in [5.41, 5.74) is 7.02. The van der Waals surface area contributed by atoms with Crippen molar-refractivity contribution in [2.45, 2.75) is 39.7 Å². The first-order chi connectivity index (χ1) is 9.88. The summed E-state index contributed by atoms with van der Waals surface area (Å²) in [6, 6.07) is 7.06. The predicted molar refractivity (Wildman–Crippen MR) is 85.1 cm³/mol. The summed E-state index contributed by atoms with van der Waals surface area (Å²) in [5, 5.41) is 3.02. The lowest BCUT2D eigenvalue weighted by atomic mass is 9.78. The Bertz CT molecular complexity index is 494. The van der Waals surface area contributed by atoms with E-state index in [2.05, 4.69) is 26.1 Å². The zero-order valence-electron chi connectivity index (χ0n) is 13.2. The predicted octanol–water partition coefficient (Wildman–Crippen LogP) is 2.84. The highest BCUT2D eigenvalue weighted by molar-refractivity contribution is 5.94. The van der Waals surface area contributed by atoms with E-state index in [1.807, 2.05) is 0 Å². The van der Waals surface area contributed by atoms with Gasteiger partial charge in [-0.05, 0) is 36.5 Å². The van der Waals surface area contributed by atoms with Crippen molar-refractivity contribution < 1.29 is 9.53 Å². The van der Waals surface area contributed by atoms with Crippen LogP contribution in [0, 0.1) is 11.3 Å². The average molecular weight is 290 g/mol. The largest absolute Gasteiger partial charge is 0.399 e. The van der Waals surface area contributed by atoms with Crippen LogP contribution in [0.5, 0.6) is 0 Å². The number of carbonyl (C=O) groups is 1. The van der Waals surface area contributed by atoms with E-state index in [0.29, 0.717) is 23.7 Å². The number of nitrogens with one attached hydrogen (secondary N) is 1. The molecule has 3 N–H and O–H groups in total. The minimum absolute atomic E-state index is 0.0690. The summed E-state index contributed by atoms with van der Waals surface area (Å²) in [6.45, 7) is 8.04. The summed E-state index contributed by atoms with van der Waals surface area (Å²) in [5.74, 6) is 0.296. The number of anilines is 1. The fourth-order valence-corrected chi connectivity index (χ4v) is 3.02. The Labute approximate surface area is 127 Å². The molecule has 1 aromatic rings. The number of benzene rings is 1. The van der Waals surface area contributed by atoms with Gasteiger partial charge in [0.1, 0.15) is 0 Å². The second kappa shape index (κ2) is 6.48. The van der Waals surface area contributed by atoms with E-state index in [-0.39, 0.29) is 17.4 Å². The number of ether oxygens (including phenoxy) is 1. The van der Waals surface area contributed by atoms with Crippen molar-refractivity contribution in [1.29, 1.82) is 0 Å². The summed E-state index contributed by atoms with van der Waals surface area (Å²) in [4.78, 5) is 12.2. The highest BCUT2D eigenvalue weighted by atomic mass is 16.5. The molecule has 1 fully saturated rings. The van der Waals surface area contributed by atoms with Crippen LogP contribution in [-0.4, -0.2) is 25.2 Å². The van der Waals surface area contributed by atoms with Crippen molar-refractivity contribution in [2.24, 2.45) is 11.3 Å². The van der Waals surface area contributed by atoms with Gasteiger partial charge in [0.05, 0.1) is 6.10 Å². The Morgan fingerprint density at radius 1 is 1.43 bits per heavy atom. The molecule has 1 aliphatic heterocycles. The van der Waals surface area contributed by atoms with Gasteiger partial charge in [-0.1, -0.05) is 26.8 Å². The van der Waals surface area contributed by atoms with Crippen LogP contribution in [0.1, 0.15) is 44.0 Å². The average Bonchev–Trinajstić information content (AvgIpc) is 2.44. The summed E-state index contributed by atoms with van der Waals surface area (Å²) in [7, 11) is 0. The van der Waals surface area contributed by atoms with Crippen LogP contribution in [0.25, 0.3) is 0 Å². The number of carbonyl (C=O) groups excluding carboxylic acids is 1. The zero-order chi connectivity index (χ0) is 15.5. The van der Waals surface area contributed by atoms with Crippen LogP contribution in [0.3, 0.4) is 0 Å². The van der Waals surface area contributed by atoms with Crippen LogP contribution in [0.4, 0.5) is 5.69 Å². The molecule has 0 aliphatic carbocycles. The van der Waals surface area contributed by atoms with Gasteiger partial charge >= 0.3 is 0 Å². The third-order valence-corrected chi connectivity index (χ3v) is 3.97. The second-order valence-corrected chi connectivity index (χ2v) is 6.90. The smallest absolute Gasteiger partial charge is 0.251 e. The Kier molecular flexibility index (Phi) is 4.88. The highest BCUT2D eigenvalue weighted by Gasteiger charge is 2.35. The van der Waals surface area contributed by atoms with E-state index in [0.717, 1.165) is 19.4 Å². The summed E-state index contributed by atoms with van der Waals surface area (Å²) < 4.78 is 5.94. The second-order valence-electron chi connectivity index (χ2n) is 6.90. The van der Waals surface area contributed by atoms with Gasteiger partial charge in [-0.15, -0.1) is 0 Å². The lowest BCUT2D eigenvalue weighted by Crippen LogP contribution is -2.45. The molecule has 0 saturated carbocycles. The Morgan fingerprint density at radius 3 is 2.86 bits per heavy atom. The van der Waals surface area contributed by atoms with E-state index in [9.17, 15) is 4.79 Å². The number of nitrogens with two attached hydrogens (primary N) is 1. The number of hydrogen-bond acceptors (Lipinski definition) is 3. The van der Waals surface area contributed by atoms with Crippen molar-refractivity contribution in [2.75, 3.05) is 18.9 Å². The minimum atomic E-state index is -0.0690. The maximum absolute atomic E-state index is 12.2. The molecule has 0 bridgehead atoms. The van der Waals surface area contributed by atoms with Crippen molar-refractivity contribution in [3.05, 3.63) is 29.8 Å². The van der Waals surface area contributed by atoms with Gasteiger partial charge in [0, 0.05) is 30.3 Å². The molecule has 21 heavy (non-hydrogen) atoms. The van der Waals surface area contributed by atoms with E-state index in [1.54, 1.807) is 24.3 Å². The monoisotopic (exact) mass is 290 g/mol. The van der Waals surface area contributed by atoms with Gasteiger partial charge in [-0.2, -0.15) is 0 Å². The molecule has 4 nitrogen and oxygen atoms in total. The van der Waals surface area contributed by atoms with Crippen LogP contribution in [0.15, 0.2) is 24.3 Å². The molecular formula is C17H26N2O2. The molecule has 1 heterocycles. The van der Waals surface area contributed by atoms with Crippen molar-refractivity contribution >= 4 is 11.6 Å². The summed E-state index contributed by atoms with van der Waals surface area (Å²) in [6.07, 6.45) is 2.34. The molecule has 0 spiro atoms. The normalized spacial score (nSPS) is 22.8. The number of hydrogen-bond donors (Lipinski definition) is 2. The molecule has 0 radical (unpaired) electrons. The quantitative estimate of drug-likeness (QED) is 0.841. The third-order valence-electron chi connectivity index (χ3n) is 3.97. The lowest BCUT2D eigenvalue weighted by molar-refractivity contribution is -0.0839. The molecule has 1 aromatic carbocycles. The molecule has 2 atom stereocenters. The topological polar surface area (TPSA) is 64.3 Å². The molecular weight excluding hydrogens is 264 g/mol. The Balaban J connectivity index is 1.96. The van der Waals surface area contributed by atoms with Gasteiger partial charge in [-0.3, -0.25) is 4.79 Å². The molecule has 1 aliphatic rings. The zero-order valence-corrected chi connectivity index (χ0v) is 13.2. The summed E-state index contributed by atoms with van der Waals surface area (Å²) >= 11 is 0. The molecule has 4 heteroatoms. The first-order valence-electron chi connectivity index (χ1n) is 7.63. The first kappa shape index (κ1) is 15.8. The van der Waals surface area contributed by atoms with Gasteiger partial charge in [0.2, 0.25) is 0 Å². The van der Waals surface area contributed by atoms with Crippen LogP contribution in [0.2, 0.25) is 0 Å². The van der Waals surface area contributed by atoms with Crippen molar-refractivity contribution in [3.63, 3.8) is 0 Å². The maximum Gasteiger partial charge on any atom is 0.251 e.